The summed E-state index contributed by atoms with van der Waals surface area (Å²) in [4.78, 5) is 50.4. The number of nitro benzene ring substituents is 1. The Morgan fingerprint density at radius 1 is 1.00 bits per heavy atom. The zero-order valence-electron chi connectivity index (χ0n) is 18.5. The third-order valence-electron chi connectivity index (χ3n) is 5.50. The van der Waals surface area contributed by atoms with Crippen LogP contribution in [0.2, 0.25) is 0 Å². The minimum atomic E-state index is -0.526. The SMILES string of the molecule is Cc1cccc(C)c1N1C(=O)CC(Sc2ccc(NC(=O)c3ccc([N+](=O)[O-])cc3)cc2)C1=O. The number of thioether (sulfide) groups is 1. The molecule has 0 radical (unpaired) electrons. The van der Waals surface area contributed by atoms with Crippen molar-refractivity contribution in [3.8, 4) is 0 Å². The van der Waals surface area contributed by atoms with Crippen LogP contribution >= 0.6 is 11.8 Å². The Hall–Kier alpha value is -3.98. The molecule has 0 aliphatic carbocycles. The largest absolute Gasteiger partial charge is 0.322 e. The van der Waals surface area contributed by atoms with E-state index >= 15 is 0 Å². The first-order valence-electron chi connectivity index (χ1n) is 10.5. The lowest BCUT2D eigenvalue weighted by atomic mass is 10.1. The number of nitrogens with zero attached hydrogens (tertiary/aromatic N) is 2. The Morgan fingerprint density at radius 3 is 2.21 bits per heavy atom. The van der Waals surface area contributed by atoms with Crippen molar-refractivity contribution in [3.05, 3.63) is 93.5 Å². The molecule has 0 aromatic heterocycles. The van der Waals surface area contributed by atoms with Crippen LogP contribution in [0, 0.1) is 24.0 Å². The van der Waals surface area contributed by atoms with Gasteiger partial charge in [-0.2, -0.15) is 0 Å². The molecule has 0 saturated carbocycles. The lowest BCUT2D eigenvalue weighted by molar-refractivity contribution is -0.384. The van der Waals surface area contributed by atoms with E-state index in [-0.39, 0.29) is 23.9 Å². The van der Waals surface area contributed by atoms with Crippen molar-refractivity contribution in [1.29, 1.82) is 0 Å². The minimum Gasteiger partial charge on any atom is -0.322 e. The summed E-state index contributed by atoms with van der Waals surface area (Å²) < 4.78 is 0. The Kier molecular flexibility index (Phi) is 6.47. The zero-order chi connectivity index (χ0) is 24.4. The Morgan fingerprint density at radius 2 is 1.62 bits per heavy atom. The Labute approximate surface area is 200 Å². The summed E-state index contributed by atoms with van der Waals surface area (Å²) in [6.07, 6.45) is 0.121. The van der Waals surface area contributed by atoms with Crippen LogP contribution in [0.3, 0.4) is 0 Å². The molecule has 1 unspecified atom stereocenters. The summed E-state index contributed by atoms with van der Waals surface area (Å²) >= 11 is 1.31. The lowest BCUT2D eigenvalue weighted by Crippen LogP contribution is -2.32. The van der Waals surface area contributed by atoms with Gasteiger partial charge in [0.25, 0.3) is 11.6 Å². The van der Waals surface area contributed by atoms with Gasteiger partial charge < -0.3 is 5.32 Å². The van der Waals surface area contributed by atoms with Gasteiger partial charge in [-0.15, -0.1) is 11.8 Å². The molecule has 0 spiro atoms. The molecule has 1 atom stereocenters. The third-order valence-corrected chi connectivity index (χ3v) is 6.70. The monoisotopic (exact) mass is 475 g/mol. The van der Waals surface area contributed by atoms with E-state index in [9.17, 15) is 24.5 Å². The topological polar surface area (TPSA) is 110 Å². The first kappa shape index (κ1) is 23.2. The van der Waals surface area contributed by atoms with E-state index in [0.717, 1.165) is 16.0 Å². The highest BCUT2D eigenvalue weighted by Gasteiger charge is 2.41. The van der Waals surface area contributed by atoms with Gasteiger partial charge in [-0.25, -0.2) is 4.90 Å². The fraction of sp³-hybridized carbons (Fsp3) is 0.160. The number of aryl methyl sites for hydroxylation is 2. The van der Waals surface area contributed by atoms with Crippen molar-refractivity contribution in [2.24, 2.45) is 0 Å². The molecule has 3 amide bonds. The van der Waals surface area contributed by atoms with Crippen LogP contribution in [0.15, 0.2) is 71.6 Å². The molecule has 8 nitrogen and oxygen atoms in total. The maximum absolute atomic E-state index is 13.0. The average Bonchev–Trinajstić information content (AvgIpc) is 3.08. The standard InChI is InChI=1S/C25H21N3O5S/c1-15-4-3-5-16(2)23(15)27-22(29)14-21(25(27)31)34-20-12-8-18(9-13-20)26-24(30)17-6-10-19(11-7-17)28(32)33/h3-13,21H,14H2,1-2H3,(H,26,30). The highest BCUT2D eigenvalue weighted by Crippen LogP contribution is 2.36. The highest BCUT2D eigenvalue weighted by molar-refractivity contribution is 8.00. The van der Waals surface area contributed by atoms with Crippen molar-refractivity contribution in [2.45, 2.75) is 30.4 Å². The van der Waals surface area contributed by atoms with Gasteiger partial charge in [0.05, 0.1) is 15.9 Å². The summed E-state index contributed by atoms with van der Waals surface area (Å²) in [5.41, 5.74) is 3.16. The molecule has 3 aromatic carbocycles. The number of hydrogen-bond donors (Lipinski definition) is 1. The fourth-order valence-electron chi connectivity index (χ4n) is 3.81. The molecule has 4 rings (SSSR count). The Balaban J connectivity index is 1.42. The number of nitrogens with one attached hydrogen (secondary N) is 1. The maximum Gasteiger partial charge on any atom is 0.269 e. The Bertz CT molecular complexity index is 1270. The van der Waals surface area contributed by atoms with E-state index in [1.165, 1.54) is 40.9 Å². The van der Waals surface area contributed by atoms with Crippen molar-refractivity contribution in [2.75, 3.05) is 10.2 Å². The predicted octanol–water partition coefficient (Wildman–Crippen LogP) is 4.89. The van der Waals surface area contributed by atoms with E-state index in [1.54, 1.807) is 24.3 Å². The molecule has 1 fully saturated rings. The molecule has 9 heteroatoms. The summed E-state index contributed by atoms with van der Waals surface area (Å²) in [7, 11) is 0. The quantitative estimate of drug-likeness (QED) is 0.309. The molecule has 1 heterocycles. The van der Waals surface area contributed by atoms with Crippen molar-refractivity contribution >= 4 is 46.5 Å². The fourth-order valence-corrected chi connectivity index (χ4v) is 4.86. The van der Waals surface area contributed by atoms with E-state index in [4.69, 9.17) is 0 Å². The van der Waals surface area contributed by atoms with Gasteiger partial charge in [-0.1, -0.05) is 18.2 Å². The first-order valence-corrected chi connectivity index (χ1v) is 11.4. The van der Waals surface area contributed by atoms with Crippen LogP contribution in [-0.4, -0.2) is 27.9 Å². The lowest BCUT2D eigenvalue weighted by Gasteiger charge is -2.19. The van der Waals surface area contributed by atoms with E-state index in [0.29, 0.717) is 16.9 Å². The van der Waals surface area contributed by atoms with Crippen LogP contribution in [0.1, 0.15) is 27.9 Å². The van der Waals surface area contributed by atoms with E-state index < -0.39 is 16.1 Å². The first-order chi connectivity index (χ1) is 16.2. The number of carbonyl (C=O) groups is 3. The normalized spacial score (nSPS) is 15.5. The van der Waals surface area contributed by atoms with Gasteiger partial charge in [0.1, 0.15) is 0 Å². The number of rotatable bonds is 6. The number of anilines is 2. The number of para-hydroxylation sites is 1. The van der Waals surface area contributed by atoms with Crippen LogP contribution < -0.4 is 10.2 Å². The maximum atomic E-state index is 13.0. The second-order valence-electron chi connectivity index (χ2n) is 7.90. The molecule has 1 N–H and O–H groups in total. The summed E-state index contributed by atoms with van der Waals surface area (Å²) in [5.74, 6) is -0.842. The minimum absolute atomic E-state index is 0.0889. The second-order valence-corrected chi connectivity index (χ2v) is 9.18. The average molecular weight is 476 g/mol. The zero-order valence-corrected chi connectivity index (χ0v) is 19.3. The molecule has 1 aliphatic heterocycles. The number of carbonyl (C=O) groups excluding carboxylic acids is 3. The van der Waals surface area contributed by atoms with Crippen LogP contribution in [0.5, 0.6) is 0 Å². The van der Waals surface area contributed by atoms with E-state index in [2.05, 4.69) is 5.32 Å². The van der Waals surface area contributed by atoms with Gasteiger partial charge in [0, 0.05) is 34.7 Å². The van der Waals surface area contributed by atoms with Crippen molar-refractivity contribution in [3.63, 3.8) is 0 Å². The molecule has 34 heavy (non-hydrogen) atoms. The molecule has 172 valence electrons. The number of imide groups is 1. The van der Waals surface area contributed by atoms with Gasteiger partial charge in [-0.3, -0.25) is 24.5 Å². The number of hydrogen-bond acceptors (Lipinski definition) is 6. The van der Waals surface area contributed by atoms with Gasteiger partial charge in [0.15, 0.2) is 0 Å². The third kappa shape index (κ3) is 4.69. The number of benzene rings is 3. The second kappa shape index (κ2) is 9.48. The molecule has 0 bridgehead atoms. The smallest absolute Gasteiger partial charge is 0.269 e. The number of non-ortho nitro benzene ring substituents is 1. The molecular weight excluding hydrogens is 454 g/mol. The predicted molar refractivity (Wildman–Crippen MR) is 130 cm³/mol. The van der Waals surface area contributed by atoms with Gasteiger partial charge in [0.2, 0.25) is 11.8 Å². The molecule has 1 aliphatic rings. The van der Waals surface area contributed by atoms with E-state index in [1.807, 2.05) is 32.0 Å². The number of amides is 3. The van der Waals surface area contributed by atoms with Crippen LogP contribution in [-0.2, 0) is 9.59 Å². The number of nitro groups is 1. The van der Waals surface area contributed by atoms with Crippen molar-refractivity contribution in [1.82, 2.24) is 0 Å². The summed E-state index contributed by atoms with van der Waals surface area (Å²) in [6, 6.07) is 17.9. The summed E-state index contributed by atoms with van der Waals surface area (Å²) in [5, 5.41) is 13.0. The van der Waals surface area contributed by atoms with Crippen LogP contribution in [0.4, 0.5) is 17.1 Å². The molecular formula is C25H21N3O5S. The van der Waals surface area contributed by atoms with Crippen LogP contribution in [0.25, 0.3) is 0 Å². The molecule has 1 saturated heterocycles. The summed E-state index contributed by atoms with van der Waals surface area (Å²) in [6.45, 7) is 3.76. The highest BCUT2D eigenvalue weighted by atomic mass is 32.2. The van der Waals surface area contributed by atoms with Gasteiger partial charge in [-0.05, 0) is 61.4 Å². The molecule has 3 aromatic rings. The van der Waals surface area contributed by atoms with Crippen molar-refractivity contribution < 1.29 is 19.3 Å². The van der Waals surface area contributed by atoms with Gasteiger partial charge >= 0.3 is 0 Å².